The van der Waals surface area contributed by atoms with Crippen LogP contribution >= 0.6 is 34.8 Å². The van der Waals surface area contributed by atoms with E-state index in [1.54, 1.807) is 42.5 Å². The molecule has 2 amide bonds. The third-order valence-electron chi connectivity index (χ3n) is 5.66. The Morgan fingerprint density at radius 1 is 0.912 bits per heavy atom. The topological polar surface area (TPSA) is 65.8 Å². The number of carbonyl (C=O) groups is 2. The van der Waals surface area contributed by atoms with Gasteiger partial charge >= 0.3 is 0 Å². The number of nitrogens with zero attached hydrogens (tertiary/aromatic N) is 2. The van der Waals surface area contributed by atoms with Gasteiger partial charge in [-0.2, -0.15) is 0 Å². The first kappa shape index (κ1) is 24.5. The van der Waals surface area contributed by atoms with Crippen molar-refractivity contribution in [2.75, 3.05) is 36.4 Å². The van der Waals surface area contributed by atoms with Gasteiger partial charge in [0, 0.05) is 48.4 Å². The predicted molar refractivity (Wildman–Crippen MR) is 137 cm³/mol. The summed E-state index contributed by atoms with van der Waals surface area (Å²) >= 11 is 18.7. The van der Waals surface area contributed by atoms with Gasteiger partial charge in [0.05, 0.1) is 15.7 Å². The molecule has 1 fully saturated rings. The highest BCUT2D eigenvalue weighted by molar-refractivity contribution is 6.36. The lowest BCUT2D eigenvalue weighted by Crippen LogP contribution is -2.50. The molecule has 1 aliphatic rings. The van der Waals surface area contributed by atoms with Crippen molar-refractivity contribution in [3.63, 3.8) is 0 Å². The second kappa shape index (κ2) is 10.3. The molecule has 9 heteroatoms. The van der Waals surface area contributed by atoms with Crippen molar-refractivity contribution in [1.82, 2.24) is 4.90 Å². The molecule has 1 aliphatic heterocycles. The van der Waals surface area contributed by atoms with Gasteiger partial charge in [-0.15, -0.1) is 0 Å². The van der Waals surface area contributed by atoms with E-state index in [0.29, 0.717) is 58.3 Å². The molecule has 34 heavy (non-hydrogen) atoms. The van der Waals surface area contributed by atoms with Crippen LogP contribution in [0, 0.1) is 5.92 Å². The van der Waals surface area contributed by atoms with Gasteiger partial charge in [-0.3, -0.25) is 9.59 Å². The molecule has 3 aromatic rings. The minimum atomic E-state index is -0.402. The summed E-state index contributed by atoms with van der Waals surface area (Å²) in [6.45, 7) is 6.54. The Kier molecular flexibility index (Phi) is 7.41. The zero-order valence-corrected chi connectivity index (χ0v) is 21.0. The molecule has 1 N–H and O–H groups in total. The number of rotatable bonds is 5. The number of piperazine rings is 1. The van der Waals surface area contributed by atoms with E-state index in [0.717, 1.165) is 5.69 Å². The summed E-state index contributed by atoms with van der Waals surface area (Å²) in [5.41, 5.74) is 2.07. The first-order valence-corrected chi connectivity index (χ1v) is 12.1. The Hall–Kier alpha value is -2.67. The van der Waals surface area contributed by atoms with Gasteiger partial charge in [-0.1, -0.05) is 48.7 Å². The minimum absolute atomic E-state index is 0.00792. The SMILES string of the molecule is CC(C)C(=O)N1CCN(c2ccc(NC(=O)c3ccc(-c4ccc(Cl)cc4Cl)o3)cc2Cl)CC1. The summed E-state index contributed by atoms with van der Waals surface area (Å²) in [4.78, 5) is 28.9. The van der Waals surface area contributed by atoms with Crippen LogP contribution in [0.25, 0.3) is 11.3 Å². The number of hydrogen-bond donors (Lipinski definition) is 1. The molecule has 4 rings (SSSR count). The molecule has 0 radical (unpaired) electrons. The molecular formula is C25H24Cl3N3O3. The third-order valence-corrected chi connectivity index (χ3v) is 6.51. The Labute approximate surface area is 213 Å². The zero-order valence-electron chi connectivity index (χ0n) is 18.8. The number of halogens is 3. The van der Waals surface area contributed by atoms with Crippen molar-refractivity contribution < 1.29 is 14.0 Å². The highest BCUT2D eigenvalue weighted by atomic mass is 35.5. The van der Waals surface area contributed by atoms with Gasteiger partial charge in [-0.25, -0.2) is 0 Å². The number of amides is 2. The van der Waals surface area contributed by atoms with Crippen LogP contribution in [-0.4, -0.2) is 42.9 Å². The monoisotopic (exact) mass is 519 g/mol. The lowest BCUT2D eigenvalue weighted by atomic mass is 10.1. The van der Waals surface area contributed by atoms with Gasteiger partial charge < -0.3 is 19.5 Å². The molecule has 2 aromatic carbocycles. The van der Waals surface area contributed by atoms with E-state index in [-0.39, 0.29) is 17.6 Å². The van der Waals surface area contributed by atoms with E-state index in [1.807, 2.05) is 24.8 Å². The summed E-state index contributed by atoms with van der Waals surface area (Å²) < 4.78 is 5.71. The average Bonchev–Trinajstić information content (AvgIpc) is 3.29. The van der Waals surface area contributed by atoms with E-state index in [4.69, 9.17) is 39.2 Å². The summed E-state index contributed by atoms with van der Waals surface area (Å²) in [5.74, 6) is 0.373. The quantitative estimate of drug-likeness (QED) is 0.419. The van der Waals surface area contributed by atoms with Crippen molar-refractivity contribution in [2.24, 2.45) is 5.92 Å². The van der Waals surface area contributed by atoms with Crippen LogP contribution in [0.5, 0.6) is 0 Å². The molecule has 1 saturated heterocycles. The molecule has 0 bridgehead atoms. The van der Waals surface area contributed by atoms with E-state index in [2.05, 4.69) is 10.2 Å². The van der Waals surface area contributed by atoms with Crippen molar-refractivity contribution in [3.05, 3.63) is 69.4 Å². The predicted octanol–water partition coefficient (Wildman–Crippen LogP) is 6.46. The van der Waals surface area contributed by atoms with Gasteiger partial charge in [0.1, 0.15) is 5.76 Å². The number of hydrogen-bond acceptors (Lipinski definition) is 4. The molecule has 0 unspecified atom stereocenters. The van der Waals surface area contributed by atoms with Crippen LogP contribution in [0.2, 0.25) is 15.1 Å². The lowest BCUT2D eigenvalue weighted by Gasteiger charge is -2.37. The fourth-order valence-corrected chi connectivity index (χ4v) is 4.66. The summed E-state index contributed by atoms with van der Waals surface area (Å²) in [7, 11) is 0. The summed E-state index contributed by atoms with van der Waals surface area (Å²) in [6.07, 6.45) is 0. The average molecular weight is 521 g/mol. The van der Waals surface area contributed by atoms with Gasteiger partial charge in [0.25, 0.3) is 5.91 Å². The summed E-state index contributed by atoms with van der Waals surface area (Å²) in [6, 6.07) is 13.7. The molecular weight excluding hydrogens is 497 g/mol. The Morgan fingerprint density at radius 3 is 2.29 bits per heavy atom. The molecule has 0 spiro atoms. The molecule has 178 valence electrons. The lowest BCUT2D eigenvalue weighted by molar-refractivity contribution is -0.134. The van der Waals surface area contributed by atoms with Crippen LogP contribution in [0.15, 0.2) is 52.9 Å². The second-order valence-corrected chi connectivity index (χ2v) is 9.63. The van der Waals surface area contributed by atoms with Crippen molar-refractivity contribution >= 4 is 58.0 Å². The molecule has 1 aromatic heterocycles. The van der Waals surface area contributed by atoms with E-state index < -0.39 is 5.91 Å². The molecule has 2 heterocycles. The fraction of sp³-hybridized carbons (Fsp3) is 0.280. The standard InChI is InChI=1S/C25H24Cl3N3O3/c1-15(2)25(33)31-11-9-30(10-12-31)21-6-4-17(14-20(21)28)29-24(32)23-8-7-22(34-23)18-5-3-16(26)13-19(18)27/h3-8,13-15H,9-12H2,1-2H3,(H,29,32). The Morgan fingerprint density at radius 2 is 1.65 bits per heavy atom. The van der Waals surface area contributed by atoms with E-state index >= 15 is 0 Å². The smallest absolute Gasteiger partial charge is 0.291 e. The largest absolute Gasteiger partial charge is 0.451 e. The van der Waals surface area contributed by atoms with E-state index in [9.17, 15) is 9.59 Å². The number of nitrogens with one attached hydrogen (secondary N) is 1. The van der Waals surface area contributed by atoms with Gasteiger partial charge in [-0.05, 0) is 48.5 Å². The third kappa shape index (κ3) is 5.35. The maximum Gasteiger partial charge on any atom is 0.291 e. The Balaban J connectivity index is 1.41. The molecule has 0 saturated carbocycles. The maximum absolute atomic E-state index is 12.7. The van der Waals surface area contributed by atoms with Crippen LogP contribution < -0.4 is 10.2 Å². The highest BCUT2D eigenvalue weighted by Crippen LogP contribution is 2.33. The first-order chi connectivity index (χ1) is 16.2. The van der Waals surface area contributed by atoms with Gasteiger partial charge in [0.15, 0.2) is 5.76 Å². The minimum Gasteiger partial charge on any atom is -0.451 e. The molecule has 0 atom stereocenters. The fourth-order valence-electron chi connectivity index (χ4n) is 3.86. The van der Waals surface area contributed by atoms with Crippen LogP contribution in [-0.2, 0) is 4.79 Å². The van der Waals surface area contributed by atoms with Crippen LogP contribution in [0.3, 0.4) is 0 Å². The number of furan rings is 1. The zero-order chi connectivity index (χ0) is 24.4. The van der Waals surface area contributed by atoms with Crippen LogP contribution in [0.4, 0.5) is 11.4 Å². The number of carbonyl (C=O) groups excluding carboxylic acids is 2. The maximum atomic E-state index is 12.7. The highest BCUT2D eigenvalue weighted by Gasteiger charge is 2.24. The van der Waals surface area contributed by atoms with Crippen molar-refractivity contribution in [1.29, 1.82) is 0 Å². The Bertz CT molecular complexity index is 1220. The van der Waals surface area contributed by atoms with E-state index in [1.165, 1.54) is 0 Å². The van der Waals surface area contributed by atoms with Gasteiger partial charge in [0.2, 0.25) is 5.91 Å². The molecule has 0 aliphatic carbocycles. The number of benzene rings is 2. The summed E-state index contributed by atoms with van der Waals surface area (Å²) in [5, 5.41) is 4.29. The number of anilines is 2. The normalized spacial score (nSPS) is 13.9. The second-order valence-electron chi connectivity index (χ2n) is 8.38. The van der Waals surface area contributed by atoms with Crippen LogP contribution in [0.1, 0.15) is 24.4 Å². The first-order valence-electron chi connectivity index (χ1n) is 10.9. The van der Waals surface area contributed by atoms with Crippen molar-refractivity contribution in [2.45, 2.75) is 13.8 Å². The molecule has 6 nitrogen and oxygen atoms in total. The van der Waals surface area contributed by atoms with Crippen molar-refractivity contribution in [3.8, 4) is 11.3 Å².